The Morgan fingerprint density at radius 1 is 0.800 bits per heavy atom. The number of benzene rings is 2. The molecule has 1 heterocycles. The van der Waals surface area contributed by atoms with E-state index >= 15 is 0 Å². The van der Waals surface area contributed by atoms with Gasteiger partial charge in [-0.2, -0.15) is 0 Å². The highest BCUT2D eigenvalue weighted by molar-refractivity contribution is 6.04. The molecule has 1 aromatic heterocycles. The van der Waals surface area contributed by atoms with Crippen LogP contribution in [-0.4, -0.2) is 40.4 Å². The number of nitrogens with zero attached hydrogens (tertiary/aromatic N) is 2. The number of carbonyl (C=O) groups excluding carboxylic acids is 3. The summed E-state index contributed by atoms with van der Waals surface area (Å²) in [7, 11) is 0. The van der Waals surface area contributed by atoms with Crippen LogP contribution in [0.3, 0.4) is 0 Å². The van der Waals surface area contributed by atoms with Crippen molar-refractivity contribution in [2.24, 2.45) is 5.73 Å². The quantitative estimate of drug-likeness (QED) is 0.328. The first-order chi connectivity index (χ1) is 17.1. The van der Waals surface area contributed by atoms with E-state index in [-0.39, 0.29) is 25.3 Å². The van der Waals surface area contributed by atoms with E-state index in [1.165, 1.54) is 12.3 Å². The third kappa shape index (κ3) is 7.75. The number of ether oxygens (including phenoxy) is 2. The second kappa shape index (κ2) is 13.6. The first-order valence-electron chi connectivity index (χ1n) is 11.5. The van der Waals surface area contributed by atoms with Crippen molar-refractivity contribution in [2.75, 3.05) is 6.54 Å². The molecule has 0 aliphatic heterocycles. The van der Waals surface area contributed by atoms with Gasteiger partial charge in [-0.25, -0.2) is 14.5 Å². The molecule has 0 fully saturated rings. The molecule has 0 saturated heterocycles. The van der Waals surface area contributed by atoms with Crippen LogP contribution in [0.25, 0.3) is 0 Å². The molecule has 2 aromatic carbocycles. The van der Waals surface area contributed by atoms with Gasteiger partial charge in [-0.05, 0) is 49.1 Å². The molecular weight excluding hydrogens is 446 g/mol. The fourth-order valence-electron chi connectivity index (χ4n) is 3.41. The second-order valence-corrected chi connectivity index (χ2v) is 7.82. The average molecular weight is 476 g/mol. The molecule has 35 heavy (non-hydrogen) atoms. The molecule has 0 aliphatic carbocycles. The number of rotatable bonds is 11. The fourth-order valence-corrected chi connectivity index (χ4v) is 3.41. The van der Waals surface area contributed by atoms with Crippen molar-refractivity contribution in [3.05, 3.63) is 102 Å². The summed E-state index contributed by atoms with van der Waals surface area (Å²) in [6.07, 6.45) is 1.81. The van der Waals surface area contributed by atoms with Crippen LogP contribution in [0.2, 0.25) is 0 Å². The molecule has 3 aromatic rings. The van der Waals surface area contributed by atoms with E-state index in [0.29, 0.717) is 19.4 Å². The summed E-state index contributed by atoms with van der Waals surface area (Å²) in [6.45, 7) is 0.371. The molecule has 0 aliphatic rings. The number of aromatic nitrogens is 1. The van der Waals surface area contributed by atoms with Gasteiger partial charge in [0.15, 0.2) is 0 Å². The number of pyridine rings is 1. The second-order valence-electron chi connectivity index (χ2n) is 7.82. The Morgan fingerprint density at radius 3 is 1.97 bits per heavy atom. The van der Waals surface area contributed by atoms with Gasteiger partial charge in [-0.1, -0.05) is 66.7 Å². The zero-order valence-corrected chi connectivity index (χ0v) is 19.4. The van der Waals surface area contributed by atoms with Crippen LogP contribution in [0.15, 0.2) is 85.1 Å². The van der Waals surface area contributed by atoms with Crippen molar-refractivity contribution < 1.29 is 23.9 Å². The molecule has 3 rings (SSSR count). The van der Waals surface area contributed by atoms with Gasteiger partial charge < -0.3 is 15.2 Å². The molecule has 8 nitrogen and oxygen atoms in total. The lowest BCUT2D eigenvalue weighted by atomic mass is 10.1. The smallest absolute Gasteiger partial charge is 0.418 e. The average Bonchev–Trinajstić information content (AvgIpc) is 2.91. The standard InChI is InChI=1S/C27H29N3O5/c28-17-9-7-16-24(26(32)34-19-21-11-3-1-4-12-21)30(25(31)23-15-8-10-18-29-23)27(33)35-20-22-13-5-2-6-14-22/h1-6,8,10-15,18,24H,7,9,16-17,19-20,28H2/t24-/m0/s1. The lowest BCUT2D eigenvalue weighted by Crippen LogP contribution is -2.49. The van der Waals surface area contributed by atoms with Crippen molar-refractivity contribution in [3.63, 3.8) is 0 Å². The minimum absolute atomic E-state index is 0.0116. The van der Waals surface area contributed by atoms with E-state index in [0.717, 1.165) is 16.0 Å². The van der Waals surface area contributed by atoms with Gasteiger partial charge in [-0.3, -0.25) is 9.78 Å². The van der Waals surface area contributed by atoms with Crippen LogP contribution in [0.1, 0.15) is 40.9 Å². The normalized spacial score (nSPS) is 11.3. The topological polar surface area (TPSA) is 112 Å². The SMILES string of the molecule is NCCCC[C@@H](C(=O)OCc1ccccc1)N(C(=O)OCc1ccccc1)C(=O)c1ccccn1. The number of carbonyl (C=O) groups is 3. The van der Waals surface area contributed by atoms with Crippen LogP contribution >= 0.6 is 0 Å². The summed E-state index contributed by atoms with van der Waals surface area (Å²) in [5, 5.41) is 0. The number of imide groups is 1. The predicted molar refractivity (Wildman–Crippen MR) is 130 cm³/mol. The minimum atomic E-state index is -1.19. The lowest BCUT2D eigenvalue weighted by Gasteiger charge is -2.28. The maximum Gasteiger partial charge on any atom is 0.418 e. The first-order valence-corrected chi connectivity index (χ1v) is 11.5. The highest BCUT2D eigenvalue weighted by Crippen LogP contribution is 2.18. The maximum absolute atomic E-state index is 13.4. The highest BCUT2D eigenvalue weighted by Gasteiger charge is 2.38. The third-order valence-electron chi connectivity index (χ3n) is 5.24. The molecule has 8 heteroatoms. The van der Waals surface area contributed by atoms with Gasteiger partial charge in [0.25, 0.3) is 5.91 Å². The number of hydrogen-bond donors (Lipinski definition) is 1. The van der Waals surface area contributed by atoms with Gasteiger partial charge in [0.1, 0.15) is 24.9 Å². The van der Waals surface area contributed by atoms with E-state index in [1.54, 1.807) is 24.3 Å². The Labute approximate surface area is 204 Å². The van der Waals surface area contributed by atoms with Gasteiger partial charge in [0, 0.05) is 6.20 Å². The van der Waals surface area contributed by atoms with E-state index in [1.807, 2.05) is 48.5 Å². The zero-order chi connectivity index (χ0) is 24.9. The summed E-state index contributed by atoms with van der Waals surface area (Å²) in [5.41, 5.74) is 7.18. The molecule has 0 radical (unpaired) electrons. The number of esters is 1. The Balaban J connectivity index is 1.85. The largest absolute Gasteiger partial charge is 0.459 e. The van der Waals surface area contributed by atoms with E-state index < -0.39 is 24.0 Å². The maximum atomic E-state index is 13.4. The Kier molecular flexibility index (Phi) is 9.95. The Bertz CT molecular complexity index is 1080. The molecule has 0 saturated carbocycles. The molecule has 1 atom stereocenters. The summed E-state index contributed by atoms with van der Waals surface area (Å²) in [4.78, 5) is 44.7. The van der Waals surface area contributed by atoms with Gasteiger partial charge in [-0.15, -0.1) is 0 Å². The number of nitrogens with two attached hydrogens (primary N) is 1. The first kappa shape index (κ1) is 25.6. The predicted octanol–water partition coefficient (Wildman–Crippen LogP) is 4.10. The van der Waals surface area contributed by atoms with Crippen LogP contribution in [0, 0.1) is 0 Å². The summed E-state index contributed by atoms with van der Waals surface area (Å²) in [5.74, 6) is -1.44. The molecule has 2 N–H and O–H groups in total. The van der Waals surface area contributed by atoms with E-state index in [4.69, 9.17) is 15.2 Å². The van der Waals surface area contributed by atoms with Crippen LogP contribution in [0.5, 0.6) is 0 Å². The lowest BCUT2D eigenvalue weighted by molar-refractivity contribution is -0.150. The summed E-state index contributed by atoms with van der Waals surface area (Å²) in [6, 6.07) is 21.8. The summed E-state index contributed by atoms with van der Waals surface area (Å²) >= 11 is 0. The number of hydrogen-bond acceptors (Lipinski definition) is 7. The molecular formula is C27H29N3O5. The third-order valence-corrected chi connectivity index (χ3v) is 5.24. The fraction of sp³-hybridized carbons (Fsp3) is 0.259. The number of unbranched alkanes of at least 4 members (excludes halogenated alkanes) is 1. The van der Waals surface area contributed by atoms with Crippen molar-refractivity contribution >= 4 is 18.0 Å². The van der Waals surface area contributed by atoms with E-state index in [2.05, 4.69) is 4.98 Å². The molecule has 0 bridgehead atoms. The van der Waals surface area contributed by atoms with Crippen LogP contribution in [-0.2, 0) is 27.5 Å². The van der Waals surface area contributed by atoms with Crippen molar-refractivity contribution in [3.8, 4) is 0 Å². The van der Waals surface area contributed by atoms with Crippen molar-refractivity contribution in [1.29, 1.82) is 0 Å². The van der Waals surface area contributed by atoms with Crippen LogP contribution in [0.4, 0.5) is 4.79 Å². The van der Waals surface area contributed by atoms with Gasteiger partial charge in [0.2, 0.25) is 0 Å². The molecule has 0 spiro atoms. The van der Waals surface area contributed by atoms with Crippen LogP contribution < -0.4 is 5.73 Å². The van der Waals surface area contributed by atoms with Crippen molar-refractivity contribution in [2.45, 2.75) is 38.5 Å². The molecule has 182 valence electrons. The monoisotopic (exact) mass is 475 g/mol. The highest BCUT2D eigenvalue weighted by atomic mass is 16.6. The van der Waals surface area contributed by atoms with Gasteiger partial charge in [0.05, 0.1) is 0 Å². The Morgan fingerprint density at radius 2 is 1.40 bits per heavy atom. The zero-order valence-electron chi connectivity index (χ0n) is 19.4. The molecule has 0 unspecified atom stereocenters. The van der Waals surface area contributed by atoms with Crippen molar-refractivity contribution in [1.82, 2.24) is 9.88 Å². The minimum Gasteiger partial charge on any atom is -0.459 e. The Hall–Kier alpha value is -4.04. The van der Waals surface area contributed by atoms with E-state index in [9.17, 15) is 14.4 Å². The number of amides is 2. The molecule has 2 amide bonds. The van der Waals surface area contributed by atoms with Gasteiger partial charge >= 0.3 is 12.1 Å². The summed E-state index contributed by atoms with van der Waals surface area (Å²) < 4.78 is 10.9.